The fraction of sp³-hybridized carbons (Fsp3) is 0.917. The Hall–Kier alpha value is -1.06. The molecule has 0 aromatic carbocycles. The van der Waals surface area contributed by atoms with E-state index in [-0.39, 0.29) is 47.3 Å². The summed E-state index contributed by atoms with van der Waals surface area (Å²) in [6, 6.07) is 0. The molecule has 0 saturated heterocycles. The molecule has 4 heteroatoms. The van der Waals surface area contributed by atoms with Crippen LogP contribution in [0.15, 0.2) is 0 Å². The first-order chi connectivity index (χ1) is 12.9. The molecule has 4 rings (SSSR count). The highest BCUT2D eigenvalue weighted by Crippen LogP contribution is 2.60. The van der Waals surface area contributed by atoms with Gasteiger partial charge in [0.05, 0.1) is 11.3 Å². The molecule has 4 saturated carbocycles. The number of hydrogen-bond acceptors (Lipinski definition) is 4. The maximum absolute atomic E-state index is 12.9. The van der Waals surface area contributed by atoms with Crippen molar-refractivity contribution >= 4 is 11.9 Å². The largest absolute Gasteiger partial charge is 0.462 e. The molecule has 4 aliphatic rings. The molecule has 0 N–H and O–H groups in total. The van der Waals surface area contributed by atoms with Crippen molar-refractivity contribution in [3.05, 3.63) is 0 Å². The molecule has 0 amide bonds. The van der Waals surface area contributed by atoms with Gasteiger partial charge in [0.1, 0.15) is 13.2 Å². The van der Waals surface area contributed by atoms with E-state index in [9.17, 15) is 9.59 Å². The van der Waals surface area contributed by atoms with Crippen molar-refractivity contribution in [1.29, 1.82) is 0 Å². The summed E-state index contributed by atoms with van der Waals surface area (Å²) in [7, 11) is 0. The Bertz CT molecular complexity index is 557. The smallest absolute Gasteiger partial charge is 0.312 e. The third kappa shape index (κ3) is 4.91. The van der Waals surface area contributed by atoms with Gasteiger partial charge >= 0.3 is 11.9 Å². The Morgan fingerprint density at radius 1 is 0.857 bits per heavy atom. The minimum Gasteiger partial charge on any atom is -0.462 e. The van der Waals surface area contributed by atoms with Crippen LogP contribution in [0.4, 0.5) is 0 Å². The molecular weight excluding hydrogens is 352 g/mol. The first kappa shape index (κ1) is 21.6. The molecule has 0 aliphatic heterocycles. The highest BCUT2D eigenvalue weighted by Gasteiger charge is 2.55. The molecule has 0 aromatic rings. The summed E-state index contributed by atoms with van der Waals surface area (Å²) >= 11 is 0. The Morgan fingerprint density at radius 2 is 1.32 bits per heavy atom. The van der Waals surface area contributed by atoms with Gasteiger partial charge in [0.25, 0.3) is 0 Å². The normalized spacial score (nSPS) is 32.9. The van der Waals surface area contributed by atoms with Crippen molar-refractivity contribution in [3.63, 3.8) is 0 Å². The lowest BCUT2D eigenvalue weighted by atomic mass is 9.49. The molecule has 0 spiro atoms. The fourth-order valence-corrected chi connectivity index (χ4v) is 6.25. The Labute approximate surface area is 171 Å². The number of hydrogen-bond donors (Lipinski definition) is 0. The number of ether oxygens (including phenoxy) is 2. The third-order valence-corrected chi connectivity index (χ3v) is 7.18. The average molecular weight is 393 g/mol. The summed E-state index contributed by atoms with van der Waals surface area (Å²) in [5.74, 6) is 1.80. The molecule has 4 nitrogen and oxygen atoms in total. The third-order valence-electron chi connectivity index (χ3n) is 7.18. The topological polar surface area (TPSA) is 52.6 Å². The fourth-order valence-electron chi connectivity index (χ4n) is 6.25. The van der Waals surface area contributed by atoms with E-state index >= 15 is 0 Å². The quantitative estimate of drug-likeness (QED) is 0.449. The van der Waals surface area contributed by atoms with Crippen molar-refractivity contribution in [2.45, 2.75) is 86.5 Å². The zero-order chi connectivity index (χ0) is 20.7. The molecular formula is C24H40O4. The van der Waals surface area contributed by atoms with Crippen LogP contribution in [0.25, 0.3) is 0 Å². The van der Waals surface area contributed by atoms with Gasteiger partial charge in [-0.15, -0.1) is 0 Å². The highest BCUT2D eigenvalue weighted by molar-refractivity contribution is 5.77. The summed E-state index contributed by atoms with van der Waals surface area (Å²) in [6.07, 6.45) is 7.74. The lowest BCUT2D eigenvalue weighted by Crippen LogP contribution is -2.50. The van der Waals surface area contributed by atoms with Gasteiger partial charge in [-0.3, -0.25) is 9.59 Å². The molecule has 0 aromatic heterocycles. The SMILES string of the molecule is CC(C)(C)CC(C(=O)OCCOC(=O)C12CC3CC(CC(C3)C1)C2)C(C)(C)C. The first-order valence-corrected chi connectivity index (χ1v) is 11.2. The van der Waals surface area contributed by atoms with Gasteiger partial charge < -0.3 is 9.47 Å². The maximum Gasteiger partial charge on any atom is 0.312 e. The second kappa shape index (κ2) is 7.65. The maximum atomic E-state index is 12.9. The second-order valence-electron chi connectivity index (χ2n) is 12.2. The Kier molecular flexibility index (Phi) is 5.91. The molecule has 0 radical (unpaired) electrons. The van der Waals surface area contributed by atoms with E-state index in [4.69, 9.17) is 9.47 Å². The van der Waals surface area contributed by atoms with Crippen LogP contribution in [0.1, 0.15) is 86.5 Å². The minimum atomic E-state index is -0.237. The number of rotatable bonds is 6. The van der Waals surface area contributed by atoms with Crippen molar-refractivity contribution in [2.75, 3.05) is 13.2 Å². The summed E-state index contributed by atoms with van der Waals surface area (Å²) in [6.45, 7) is 13.0. The van der Waals surface area contributed by atoms with Crippen molar-refractivity contribution in [2.24, 2.45) is 39.9 Å². The van der Waals surface area contributed by atoms with Gasteiger partial charge in [-0.1, -0.05) is 41.5 Å². The number of carbonyl (C=O) groups excluding carboxylic acids is 2. The number of carbonyl (C=O) groups is 2. The zero-order valence-electron chi connectivity index (χ0n) is 18.8. The van der Waals surface area contributed by atoms with Crippen LogP contribution in [-0.2, 0) is 19.1 Å². The van der Waals surface area contributed by atoms with Crippen LogP contribution in [0, 0.1) is 39.9 Å². The molecule has 4 bridgehead atoms. The first-order valence-electron chi connectivity index (χ1n) is 11.2. The summed E-state index contributed by atoms with van der Waals surface area (Å²) in [5, 5.41) is 0. The highest BCUT2D eigenvalue weighted by atomic mass is 16.6. The standard InChI is InChI=1S/C24H40O4/c1-22(2,3)15-19(23(4,5)6)20(25)27-7-8-28-21(26)24-12-16-9-17(13-24)11-18(10-16)14-24/h16-19H,7-15H2,1-6H3. The van der Waals surface area contributed by atoms with Crippen LogP contribution in [0.3, 0.4) is 0 Å². The molecule has 4 aliphatic carbocycles. The molecule has 160 valence electrons. The molecule has 28 heavy (non-hydrogen) atoms. The van der Waals surface area contributed by atoms with E-state index < -0.39 is 0 Å². The van der Waals surface area contributed by atoms with Crippen molar-refractivity contribution in [3.8, 4) is 0 Å². The molecule has 4 fully saturated rings. The van der Waals surface area contributed by atoms with Gasteiger partial charge in [0.15, 0.2) is 0 Å². The van der Waals surface area contributed by atoms with E-state index in [1.54, 1.807) is 0 Å². The Balaban J connectivity index is 1.47. The average Bonchev–Trinajstić information content (AvgIpc) is 2.53. The minimum absolute atomic E-state index is 0.0373. The monoisotopic (exact) mass is 392 g/mol. The van der Waals surface area contributed by atoms with E-state index in [0.717, 1.165) is 43.4 Å². The lowest BCUT2D eigenvalue weighted by Gasteiger charge is -2.55. The molecule has 0 heterocycles. The van der Waals surface area contributed by atoms with Gasteiger partial charge in [0, 0.05) is 0 Å². The van der Waals surface area contributed by atoms with Crippen LogP contribution < -0.4 is 0 Å². The van der Waals surface area contributed by atoms with Gasteiger partial charge in [-0.25, -0.2) is 0 Å². The Morgan fingerprint density at radius 3 is 1.75 bits per heavy atom. The van der Waals surface area contributed by atoms with Gasteiger partial charge in [-0.2, -0.15) is 0 Å². The predicted molar refractivity (Wildman–Crippen MR) is 110 cm³/mol. The van der Waals surface area contributed by atoms with E-state index in [0.29, 0.717) is 0 Å². The van der Waals surface area contributed by atoms with Crippen molar-refractivity contribution in [1.82, 2.24) is 0 Å². The van der Waals surface area contributed by atoms with Gasteiger partial charge in [-0.05, 0) is 73.5 Å². The predicted octanol–water partition coefficient (Wildman–Crippen LogP) is 5.39. The van der Waals surface area contributed by atoms with Crippen LogP contribution in [-0.4, -0.2) is 25.2 Å². The number of esters is 2. The van der Waals surface area contributed by atoms with E-state index in [1.807, 2.05) is 0 Å². The summed E-state index contributed by atoms with van der Waals surface area (Å²) < 4.78 is 11.2. The summed E-state index contributed by atoms with van der Waals surface area (Å²) in [5.41, 5.74) is -0.332. The summed E-state index contributed by atoms with van der Waals surface area (Å²) in [4.78, 5) is 25.5. The zero-order valence-corrected chi connectivity index (χ0v) is 18.8. The van der Waals surface area contributed by atoms with E-state index in [2.05, 4.69) is 41.5 Å². The van der Waals surface area contributed by atoms with Crippen molar-refractivity contribution < 1.29 is 19.1 Å². The van der Waals surface area contributed by atoms with Crippen LogP contribution in [0.2, 0.25) is 0 Å². The van der Waals surface area contributed by atoms with Crippen LogP contribution in [0.5, 0.6) is 0 Å². The molecule has 1 unspecified atom stereocenters. The van der Waals surface area contributed by atoms with E-state index in [1.165, 1.54) is 19.3 Å². The van der Waals surface area contributed by atoms with Crippen LogP contribution >= 0.6 is 0 Å². The molecule has 1 atom stereocenters. The van der Waals surface area contributed by atoms with Gasteiger partial charge in [0.2, 0.25) is 0 Å². The second-order valence-corrected chi connectivity index (χ2v) is 12.2. The lowest BCUT2D eigenvalue weighted by molar-refractivity contribution is -0.175.